The largest absolute Gasteiger partial charge is 0.375 e. The summed E-state index contributed by atoms with van der Waals surface area (Å²) >= 11 is 4.24. The van der Waals surface area contributed by atoms with Crippen molar-refractivity contribution in [3.05, 3.63) is 48.3 Å². The van der Waals surface area contributed by atoms with Gasteiger partial charge in [0.15, 0.2) is 5.13 Å². The van der Waals surface area contributed by atoms with Crippen LogP contribution in [0.15, 0.2) is 27.7 Å². The average molecular weight is 331 g/mol. The Bertz CT molecular complexity index is 666. The topological polar surface area (TPSA) is 104 Å². The Morgan fingerprint density at radius 2 is 2.33 bits per heavy atom. The van der Waals surface area contributed by atoms with E-state index in [2.05, 4.69) is 20.9 Å². The summed E-state index contributed by atoms with van der Waals surface area (Å²) in [6.45, 7) is 0.202. The zero-order valence-electron chi connectivity index (χ0n) is 8.87. The lowest BCUT2D eigenvalue weighted by atomic mass is 10.4. The van der Waals surface area contributed by atoms with Crippen LogP contribution in [0.25, 0.3) is 0 Å². The number of thiazole rings is 1. The third-order valence-electron chi connectivity index (χ3n) is 2.14. The Morgan fingerprint density at radius 3 is 2.89 bits per heavy atom. The second-order valence-corrected chi connectivity index (χ2v) is 5.40. The van der Waals surface area contributed by atoms with E-state index in [4.69, 9.17) is 5.73 Å². The molecule has 2 heterocycles. The van der Waals surface area contributed by atoms with Gasteiger partial charge in [0.2, 0.25) is 0 Å². The highest BCUT2D eigenvalue weighted by atomic mass is 79.9. The normalized spacial score (nSPS) is 10.5. The monoisotopic (exact) mass is 330 g/mol. The molecule has 2 aromatic rings. The highest BCUT2D eigenvalue weighted by Gasteiger charge is 2.13. The number of rotatable bonds is 3. The van der Waals surface area contributed by atoms with E-state index in [9.17, 15) is 14.9 Å². The minimum absolute atomic E-state index is 0.147. The van der Waals surface area contributed by atoms with Crippen molar-refractivity contribution in [2.75, 3.05) is 5.73 Å². The molecule has 0 saturated carbocycles. The molecule has 7 nitrogen and oxygen atoms in total. The fourth-order valence-electron chi connectivity index (χ4n) is 1.37. The number of pyridine rings is 1. The van der Waals surface area contributed by atoms with Crippen LogP contribution in [0.1, 0.15) is 4.88 Å². The minimum atomic E-state index is -0.554. The first-order valence-electron chi connectivity index (χ1n) is 4.72. The summed E-state index contributed by atoms with van der Waals surface area (Å²) in [5.41, 5.74) is 4.99. The number of hydrogen-bond donors (Lipinski definition) is 1. The molecule has 0 bridgehead atoms. The number of nitrogen functional groups attached to an aromatic ring is 1. The molecular formula is C9H7BrN4O3S. The molecule has 0 radical (unpaired) electrons. The van der Waals surface area contributed by atoms with Crippen LogP contribution in [-0.4, -0.2) is 14.5 Å². The summed E-state index contributed by atoms with van der Waals surface area (Å²) in [5.74, 6) is 0. The Labute approximate surface area is 113 Å². The molecule has 2 rings (SSSR count). The van der Waals surface area contributed by atoms with Crippen LogP contribution in [0.4, 0.5) is 10.8 Å². The zero-order chi connectivity index (χ0) is 13.3. The maximum Gasteiger partial charge on any atom is 0.286 e. The van der Waals surface area contributed by atoms with Gasteiger partial charge < -0.3 is 10.3 Å². The Balaban J connectivity index is 2.43. The molecule has 0 fully saturated rings. The Morgan fingerprint density at radius 1 is 1.61 bits per heavy atom. The smallest absolute Gasteiger partial charge is 0.286 e. The molecule has 0 unspecified atom stereocenters. The van der Waals surface area contributed by atoms with Crippen LogP contribution in [0.3, 0.4) is 0 Å². The molecule has 0 aliphatic rings. The fraction of sp³-hybridized carbons (Fsp3) is 0.111. The number of nitro groups is 1. The molecule has 2 aromatic heterocycles. The summed E-state index contributed by atoms with van der Waals surface area (Å²) < 4.78 is 1.39. The van der Waals surface area contributed by atoms with Crippen molar-refractivity contribution in [1.29, 1.82) is 0 Å². The molecular weight excluding hydrogens is 324 g/mol. The van der Waals surface area contributed by atoms with Gasteiger partial charge in [0, 0.05) is 17.1 Å². The molecule has 0 atom stereocenters. The highest BCUT2D eigenvalue weighted by Crippen LogP contribution is 2.18. The summed E-state index contributed by atoms with van der Waals surface area (Å²) in [6, 6.07) is 1.18. The van der Waals surface area contributed by atoms with Crippen molar-refractivity contribution < 1.29 is 4.92 Å². The lowest BCUT2D eigenvalue weighted by Gasteiger charge is -2.03. The predicted octanol–water partition coefficient (Wildman–Crippen LogP) is 1.61. The van der Waals surface area contributed by atoms with Crippen LogP contribution in [0.5, 0.6) is 0 Å². The summed E-state index contributed by atoms with van der Waals surface area (Å²) in [4.78, 5) is 26.6. The van der Waals surface area contributed by atoms with Crippen molar-refractivity contribution >= 4 is 38.1 Å². The van der Waals surface area contributed by atoms with E-state index in [1.165, 1.54) is 28.2 Å². The van der Waals surface area contributed by atoms with E-state index in [1.54, 1.807) is 6.20 Å². The van der Waals surface area contributed by atoms with Crippen LogP contribution in [0, 0.1) is 10.1 Å². The van der Waals surface area contributed by atoms with Gasteiger partial charge in [0.05, 0.1) is 22.1 Å². The van der Waals surface area contributed by atoms with Gasteiger partial charge in [-0.3, -0.25) is 14.9 Å². The number of aromatic nitrogens is 2. The van der Waals surface area contributed by atoms with Gasteiger partial charge in [-0.05, 0) is 15.9 Å². The number of nitrogens with zero attached hydrogens (tertiary/aromatic N) is 3. The van der Waals surface area contributed by atoms with Gasteiger partial charge in [0.25, 0.3) is 11.2 Å². The van der Waals surface area contributed by atoms with E-state index < -0.39 is 4.92 Å². The second kappa shape index (κ2) is 4.86. The SMILES string of the molecule is Nc1ncc(Cn2cc([N+](=O)[O-])cc(Br)c2=O)s1. The number of hydrogen-bond acceptors (Lipinski definition) is 6. The standard InChI is InChI=1S/C9H7BrN4O3S/c10-7-1-5(14(16)17)3-13(8(7)15)4-6-2-12-9(11)18-6/h1-3H,4H2,(H2,11,12). The number of anilines is 1. The molecule has 18 heavy (non-hydrogen) atoms. The summed E-state index contributed by atoms with van der Waals surface area (Å²) in [6.07, 6.45) is 2.74. The quantitative estimate of drug-likeness (QED) is 0.679. The lowest BCUT2D eigenvalue weighted by molar-refractivity contribution is -0.385. The maximum atomic E-state index is 11.8. The molecule has 2 N–H and O–H groups in total. The first-order chi connectivity index (χ1) is 8.47. The van der Waals surface area contributed by atoms with E-state index >= 15 is 0 Å². The number of halogens is 1. The van der Waals surface area contributed by atoms with Crippen LogP contribution in [-0.2, 0) is 6.54 Å². The predicted molar refractivity (Wildman–Crippen MR) is 70.7 cm³/mol. The van der Waals surface area contributed by atoms with E-state index in [0.29, 0.717) is 5.13 Å². The van der Waals surface area contributed by atoms with Gasteiger partial charge in [-0.1, -0.05) is 0 Å². The Kier molecular flexibility index (Phi) is 3.43. The van der Waals surface area contributed by atoms with Crippen molar-refractivity contribution in [3.8, 4) is 0 Å². The van der Waals surface area contributed by atoms with Gasteiger partial charge in [0.1, 0.15) is 0 Å². The first-order valence-corrected chi connectivity index (χ1v) is 6.33. The van der Waals surface area contributed by atoms with Crippen LogP contribution in [0.2, 0.25) is 0 Å². The average Bonchev–Trinajstić information content (AvgIpc) is 2.70. The Hall–Kier alpha value is -1.74. The van der Waals surface area contributed by atoms with Crippen molar-refractivity contribution in [2.45, 2.75) is 6.54 Å². The molecule has 0 aliphatic carbocycles. The van der Waals surface area contributed by atoms with Gasteiger partial charge >= 0.3 is 0 Å². The molecule has 0 aliphatic heterocycles. The molecule has 0 amide bonds. The third-order valence-corrected chi connectivity index (χ3v) is 3.52. The minimum Gasteiger partial charge on any atom is -0.375 e. The molecule has 0 saturated heterocycles. The number of nitrogens with two attached hydrogens (primary N) is 1. The lowest BCUT2D eigenvalue weighted by Crippen LogP contribution is -2.20. The van der Waals surface area contributed by atoms with Gasteiger partial charge in [-0.15, -0.1) is 11.3 Å². The molecule has 9 heteroatoms. The van der Waals surface area contributed by atoms with Crippen molar-refractivity contribution in [3.63, 3.8) is 0 Å². The molecule has 0 spiro atoms. The third kappa shape index (κ3) is 2.57. The van der Waals surface area contributed by atoms with E-state index in [-0.39, 0.29) is 22.3 Å². The van der Waals surface area contributed by atoms with E-state index in [0.717, 1.165) is 4.88 Å². The van der Waals surface area contributed by atoms with Crippen molar-refractivity contribution in [2.24, 2.45) is 0 Å². The summed E-state index contributed by atoms with van der Waals surface area (Å²) in [5, 5.41) is 11.1. The fourth-order valence-corrected chi connectivity index (χ4v) is 2.51. The van der Waals surface area contributed by atoms with Crippen LogP contribution >= 0.6 is 27.3 Å². The van der Waals surface area contributed by atoms with E-state index in [1.807, 2.05) is 0 Å². The molecule has 0 aromatic carbocycles. The van der Waals surface area contributed by atoms with Gasteiger partial charge in [-0.25, -0.2) is 4.98 Å². The second-order valence-electron chi connectivity index (χ2n) is 3.40. The first kappa shape index (κ1) is 12.7. The van der Waals surface area contributed by atoms with Gasteiger partial charge in [-0.2, -0.15) is 0 Å². The zero-order valence-corrected chi connectivity index (χ0v) is 11.3. The maximum absolute atomic E-state index is 11.8. The van der Waals surface area contributed by atoms with Crippen LogP contribution < -0.4 is 11.3 Å². The summed E-state index contributed by atoms with van der Waals surface area (Å²) in [7, 11) is 0. The van der Waals surface area contributed by atoms with Crippen molar-refractivity contribution in [1.82, 2.24) is 9.55 Å². The molecule has 94 valence electrons. The highest BCUT2D eigenvalue weighted by molar-refractivity contribution is 9.10.